The van der Waals surface area contributed by atoms with Crippen LogP contribution in [0.2, 0.25) is 5.04 Å². The average Bonchev–Trinajstić information content (AvgIpc) is 3.37. The van der Waals surface area contributed by atoms with Crippen molar-refractivity contribution < 1.29 is 13.9 Å². The lowest BCUT2D eigenvalue weighted by Crippen LogP contribution is -2.68. The fourth-order valence-corrected chi connectivity index (χ4v) is 10.6. The minimum Gasteiger partial charge on any atom is -0.485 e. The Morgan fingerprint density at radius 3 is 1.98 bits per heavy atom. The zero-order chi connectivity index (χ0) is 28.4. The molecule has 0 amide bonds. The van der Waals surface area contributed by atoms with Crippen molar-refractivity contribution in [2.75, 3.05) is 13.2 Å². The Morgan fingerprint density at radius 1 is 0.875 bits per heavy atom. The van der Waals surface area contributed by atoms with Crippen LogP contribution in [0.4, 0.5) is 0 Å². The zero-order valence-corrected chi connectivity index (χ0v) is 24.6. The van der Waals surface area contributed by atoms with Crippen LogP contribution >= 0.6 is 0 Å². The van der Waals surface area contributed by atoms with Crippen molar-refractivity contribution in [3.63, 3.8) is 0 Å². The molecule has 4 rings (SSSR count). The van der Waals surface area contributed by atoms with Crippen molar-refractivity contribution in [1.82, 2.24) is 0 Å². The molecule has 3 aromatic carbocycles. The molecule has 0 saturated heterocycles. The summed E-state index contributed by atoms with van der Waals surface area (Å²) in [5, 5.41) is 21.2. The van der Waals surface area contributed by atoms with Gasteiger partial charge < -0.3 is 13.9 Å². The van der Waals surface area contributed by atoms with Gasteiger partial charge in [0, 0.05) is 5.92 Å². The highest BCUT2D eigenvalue weighted by atomic mass is 28.4. The molecule has 3 unspecified atom stereocenters. The van der Waals surface area contributed by atoms with Crippen LogP contribution in [0.5, 0.6) is 0 Å². The van der Waals surface area contributed by atoms with Gasteiger partial charge in [-0.2, -0.15) is 10.5 Å². The van der Waals surface area contributed by atoms with Crippen LogP contribution < -0.4 is 10.4 Å². The maximum absolute atomic E-state index is 9.96. The number of hydrogen-bond donors (Lipinski definition) is 0. The smallest absolute Gasteiger partial charge is 0.261 e. The third-order valence-corrected chi connectivity index (χ3v) is 12.8. The summed E-state index contributed by atoms with van der Waals surface area (Å²) in [4.78, 5) is 0. The maximum atomic E-state index is 9.96. The van der Waals surface area contributed by atoms with Crippen molar-refractivity contribution in [2.45, 2.75) is 51.4 Å². The van der Waals surface area contributed by atoms with Crippen LogP contribution in [0.25, 0.3) is 0 Å². The zero-order valence-electron chi connectivity index (χ0n) is 23.6. The van der Waals surface area contributed by atoms with E-state index in [-0.39, 0.29) is 29.6 Å². The van der Waals surface area contributed by atoms with Gasteiger partial charge in [-0.3, -0.25) is 0 Å². The van der Waals surface area contributed by atoms with Crippen LogP contribution in [-0.2, 0) is 20.5 Å². The summed E-state index contributed by atoms with van der Waals surface area (Å²) in [6.07, 6.45) is 2.80. The van der Waals surface area contributed by atoms with Crippen molar-refractivity contribution in [1.29, 1.82) is 10.5 Å². The first-order valence-electron chi connectivity index (χ1n) is 13.9. The monoisotopic (exact) mass is 550 g/mol. The molecule has 0 aromatic heterocycles. The van der Waals surface area contributed by atoms with E-state index in [1.807, 2.05) is 36.4 Å². The minimum atomic E-state index is -2.80. The Bertz CT molecular complexity index is 1290. The summed E-state index contributed by atoms with van der Waals surface area (Å²) < 4.78 is 19.1. The quantitative estimate of drug-likeness (QED) is 0.124. The summed E-state index contributed by atoms with van der Waals surface area (Å²) in [5.41, 5.74) is 1.68. The van der Waals surface area contributed by atoms with Crippen LogP contribution in [-0.4, -0.2) is 27.6 Å². The number of benzene rings is 3. The van der Waals surface area contributed by atoms with E-state index in [1.165, 1.54) is 16.6 Å². The summed E-state index contributed by atoms with van der Waals surface area (Å²) in [6, 6.07) is 35.7. The van der Waals surface area contributed by atoms with Gasteiger partial charge in [-0.05, 0) is 39.7 Å². The molecule has 0 spiro atoms. The van der Waals surface area contributed by atoms with Gasteiger partial charge in [-0.15, -0.1) is 0 Å². The number of hydrogen-bond acceptors (Lipinski definition) is 5. The van der Waals surface area contributed by atoms with Gasteiger partial charge in [-0.25, -0.2) is 0 Å². The number of ether oxygens (including phenoxy) is 2. The lowest BCUT2D eigenvalue weighted by atomic mass is 9.98. The second-order valence-corrected chi connectivity index (χ2v) is 15.7. The van der Waals surface area contributed by atoms with Crippen molar-refractivity contribution >= 4 is 18.7 Å². The lowest BCUT2D eigenvalue weighted by molar-refractivity contribution is 0.0427. The van der Waals surface area contributed by atoms with Gasteiger partial charge in [0.2, 0.25) is 0 Å². The standard InChI is InChI=1S/C34H38N2O3Si/c1-34(2,3)40(31-15-9-5-10-16-31,32-17-11-6-12-18-32)39-33-22-28(30(23-36)26-37-20-19-35)21-29(33)25-38-24-27-13-7-4-8-14-27/h4-18,26,28-29,33H,20-22,24-25H2,1-3H3. The molecule has 1 fully saturated rings. The Labute approximate surface area is 239 Å². The summed E-state index contributed by atoms with van der Waals surface area (Å²) in [7, 11) is -2.80. The van der Waals surface area contributed by atoms with E-state index >= 15 is 0 Å². The van der Waals surface area contributed by atoms with Gasteiger partial charge in [0.15, 0.2) is 6.61 Å². The molecule has 5 nitrogen and oxygen atoms in total. The Balaban J connectivity index is 1.70. The maximum Gasteiger partial charge on any atom is 0.261 e. The van der Waals surface area contributed by atoms with Gasteiger partial charge in [-0.1, -0.05) is 112 Å². The van der Waals surface area contributed by atoms with Crippen LogP contribution in [0.3, 0.4) is 0 Å². The number of rotatable bonds is 11. The van der Waals surface area contributed by atoms with E-state index in [2.05, 4.69) is 87.5 Å². The van der Waals surface area contributed by atoms with E-state index in [0.29, 0.717) is 25.2 Å². The van der Waals surface area contributed by atoms with E-state index in [0.717, 1.165) is 12.0 Å². The van der Waals surface area contributed by atoms with Crippen molar-refractivity contribution in [2.24, 2.45) is 11.8 Å². The molecule has 0 radical (unpaired) electrons. The van der Waals surface area contributed by atoms with E-state index in [9.17, 15) is 5.26 Å². The SMILES string of the molecule is CC(C)(C)[Si](OC1CC(C(C#N)=COCC#N)CC1COCc1ccccc1)(c1ccccc1)c1ccccc1. The number of nitriles is 2. The fourth-order valence-electron chi connectivity index (χ4n) is 5.86. The highest BCUT2D eigenvalue weighted by Crippen LogP contribution is 2.44. The van der Waals surface area contributed by atoms with E-state index in [4.69, 9.17) is 19.2 Å². The third-order valence-electron chi connectivity index (χ3n) is 7.75. The molecule has 1 aliphatic rings. The van der Waals surface area contributed by atoms with Crippen molar-refractivity contribution in [3.8, 4) is 12.1 Å². The first-order chi connectivity index (χ1) is 19.4. The van der Waals surface area contributed by atoms with E-state index < -0.39 is 8.32 Å². The molecule has 0 heterocycles. The second-order valence-electron chi connectivity index (χ2n) is 11.4. The molecule has 0 bridgehead atoms. The summed E-state index contributed by atoms with van der Waals surface area (Å²) >= 11 is 0. The molecule has 206 valence electrons. The predicted molar refractivity (Wildman–Crippen MR) is 160 cm³/mol. The van der Waals surface area contributed by atoms with Gasteiger partial charge in [0.25, 0.3) is 8.32 Å². The van der Waals surface area contributed by atoms with E-state index in [1.54, 1.807) is 0 Å². The molecule has 6 heteroatoms. The van der Waals surface area contributed by atoms with Crippen LogP contribution in [0.15, 0.2) is 103 Å². The average molecular weight is 551 g/mol. The highest BCUT2D eigenvalue weighted by molar-refractivity contribution is 6.99. The molecule has 3 atom stereocenters. The second kappa shape index (κ2) is 13.6. The minimum absolute atomic E-state index is 0.0303. The molecule has 1 saturated carbocycles. The molecule has 1 aliphatic carbocycles. The van der Waals surface area contributed by atoms with Gasteiger partial charge >= 0.3 is 0 Å². The lowest BCUT2D eigenvalue weighted by Gasteiger charge is -2.45. The summed E-state index contributed by atoms with van der Waals surface area (Å²) in [6.45, 7) is 7.82. The Hall–Kier alpha value is -3.68. The normalized spacial score (nSPS) is 19.5. The first-order valence-corrected chi connectivity index (χ1v) is 15.8. The Kier molecular flexibility index (Phi) is 9.96. The molecular formula is C34H38N2O3Si. The summed E-state index contributed by atoms with van der Waals surface area (Å²) in [5.74, 6) is 0.0697. The predicted octanol–water partition coefficient (Wildman–Crippen LogP) is 6.12. The van der Waals surface area contributed by atoms with Gasteiger partial charge in [0.1, 0.15) is 6.07 Å². The first kappa shape index (κ1) is 29.3. The fraction of sp³-hybridized carbons (Fsp3) is 0.353. The third kappa shape index (κ3) is 6.72. The number of allylic oxidation sites excluding steroid dienone is 1. The highest BCUT2D eigenvalue weighted by Gasteiger charge is 2.53. The number of nitrogens with zero attached hydrogens (tertiary/aromatic N) is 2. The topological polar surface area (TPSA) is 75.3 Å². The molecule has 3 aromatic rings. The van der Waals surface area contributed by atoms with Crippen LogP contribution in [0, 0.1) is 34.5 Å². The Morgan fingerprint density at radius 2 is 1.45 bits per heavy atom. The molecule has 40 heavy (non-hydrogen) atoms. The van der Waals surface area contributed by atoms with Crippen LogP contribution in [0.1, 0.15) is 39.2 Å². The molecule has 0 aliphatic heterocycles. The largest absolute Gasteiger partial charge is 0.485 e. The van der Waals surface area contributed by atoms with Gasteiger partial charge in [0.05, 0.1) is 37.2 Å². The molecule has 0 N–H and O–H groups in total. The molecular weight excluding hydrogens is 512 g/mol. The van der Waals surface area contributed by atoms with Crippen molar-refractivity contribution in [3.05, 3.63) is 108 Å².